The Hall–Kier alpha value is -2.43. The van der Waals surface area contributed by atoms with Gasteiger partial charge >= 0.3 is 5.97 Å². The second kappa shape index (κ2) is 8.52. The molecule has 154 valence electrons. The van der Waals surface area contributed by atoms with Gasteiger partial charge in [-0.3, -0.25) is 9.59 Å². The third kappa shape index (κ3) is 3.87. The standard InChI is InChI=1S/C24H30N2O3/c1-3-26-23(29-24(28)18-10-5-4-6-11-18)21(15-25-26)22(27)20-14-13-17-9-7-8-12-19(17)16(20)2/h13-15,18H,3-12H2,1-2H3. The van der Waals surface area contributed by atoms with Crippen molar-refractivity contribution in [3.63, 3.8) is 0 Å². The highest BCUT2D eigenvalue weighted by Gasteiger charge is 2.28. The van der Waals surface area contributed by atoms with Gasteiger partial charge in [-0.2, -0.15) is 5.10 Å². The lowest BCUT2D eigenvalue weighted by Crippen LogP contribution is -2.24. The predicted molar refractivity (Wildman–Crippen MR) is 111 cm³/mol. The van der Waals surface area contributed by atoms with E-state index in [9.17, 15) is 9.59 Å². The summed E-state index contributed by atoms with van der Waals surface area (Å²) in [6.07, 6.45) is 11.1. The summed E-state index contributed by atoms with van der Waals surface area (Å²) in [7, 11) is 0. The number of ketones is 1. The summed E-state index contributed by atoms with van der Waals surface area (Å²) < 4.78 is 7.40. The average molecular weight is 395 g/mol. The lowest BCUT2D eigenvalue weighted by Gasteiger charge is -2.21. The van der Waals surface area contributed by atoms with E-state index in [1.54, 1.807) is 10.9 Å². The molecule has 0 aliphatic heterocycles. The Kier molecular flexibility index (Phi) is 5.84. The molecule has 0 radical (unpaired) electrons. The highest BCUT2D eigenvalue weighted by Crippen LogP contribution is 2.31. The number of hydrogen-bond donors (Lipinski definition) is 0. The van der Waals surface area contributed by atoms with Gasteiger partial charge in [0.15, 0.2) is 5.78 Å². The van der Waals surface area contributed by atoms with Crippen LogP contribution in [0.2, 0.25) is 0 Å². The van der Waals surface area contributed by atoms with E-state index in [4.69, 9.17) is 4.74 Å². The van der Waals surface area contributed by atoms with Crippen molar-refractivity contribution in [2.24, 2.45) is 5.92 Å². The molecular weight excluding hydrogens is 364 g/mol. The third-order valence-corrected chi connectivity index (χ3v) is 6.53. The van der Waals surface area contributed by atoms with Crippen molar-refractivity contribution in [2.45, 2.75) is 78.2 Å². The maximum absolute atomic E-state index is 13.4. The van der Waals surface area contributed by atoms with Crippen LogP contribution < -0.4 is 4.74 Å². The van der Waals surface area contributed by atoms with Crippen molar-refractivity contribution >= 4 is 11.8 Å². The number of hydrogen-bond acceptors (Lipinski definition) is 4. The van der Waals surface area contributed by atoms with Gasteiger partial charge < -0.3 is 4.74 Å². The first-order valence-corrected chi connectivity index (χ1v) is 11.0. The van der Waals surface area contributed by atoms with Crippen LogP contribution in [0, 0.1) is 12.8 Å². The summed E-state index contributed by atoms with van der Waals surface area (Å²) in [5, 5.41) is 4.32. The highest BCUT2D eigenvalue weighted by molar-refractivity contribution is 6.11. The number of rotatable bonds is 5. The molecule has 0 saturated heterocycles. The van der Waals surface area contributed by atoms with Gasteiger partial charge in [0.25, 0.3) is 0 Å². The SMILES string of the molecule is CCn1ncc(C(=O)c2ccc3c(c2C)CCCC3)c1OC(=O)C1CCCCC1. The molecule has 1 saturated carbocycles. The van der Waals surface area contributed by atoms with Crippen LogP contribution in [0.4, 0.5) is 0 Å². The number of carbonyl (C=O) groups is 2. The summed E-state index contributed by atoms with van der Waals surface area (Å²) in [5.74, 6) is -0.110. The summed E-state index contributed by atoms with van der Waals surface area (Å²) in [6.45, 7) is 4.52. The topological polar surface area (TPSA) is 61.2 Å². The van der Waals surface area contributed by atoms with E-state index in [1.165, 1.54) is 30.4 Å². The summed E-state index contributed by atoms with van der Waals surface area (Å²) in [4.78, 5) is 26.1. The zero-order valence-electron chi connectivity index (χ0n) is 17.5. The molecule has 0 spiro atoms. The fourth-order valence-corrected chi connectivity index (χ4v) is 4.78. The maximum atomic E-state index is 13.4. The largest absolute Gasteiger partial charge is 0.407 e. The maximum Gasteiger partial charge on any atom is 0.315 e. The molecule has 1 aromatic carbocycles. The molecule has 0 amide bonds. The van der Waals surface area contributed by atoms with E-state index >= 15 is 0 Å². The van der Waals surface area contributed by atoms with Crippen LogP contribution in [0.1, 0.15) is 84.5 Å². The van der Waals surface area contributed by atoms with Crippen molar-refractivity contribution in [1.29, 1.82) is 0 Å². The zero-order chi connectivity index (χ0) is 20.4. The summed E-state index contributed by atoms with van der Waals surface area (Å²) in [6, 6.07) is 4.02. The lowest BCUT2D eigenvalue weighted by atomic mass is 9.85. The van der Waals surface area contributed by atoms with Gasteiger partial charge in [-0.05, 0) is 69.1 Å². The fraction of sp³-hybridized carbons (Fsp3) is 0.542. The van der Waals surface area contributed by atoms with Gasteiger partial charge in [0, 0.05) is 12.1 Å². The average Bonchev–Trinajstić information content (AvgIpc) is 3.17. The third-order valence-electron chi connectivity index (χ3n) is 6.53. The van der Waals surface area contributed by atoms with E-state index in [-0.39, 0.29) is 17.7 Å². The predicted octanol–water partition coefficient (Wildman–Crippen LogP) is 4.81. The Labute approximate surface area is 172 Å². The van der Waals surface area contributed by atoms with E-state index in [1.807, 2.05) is 19.9 Å². The zero-order valence-corrected chi connectivity index (χ0v) is 17.5. The van der Waals surface area contributed by atoms with Crippen LogP contribution in [-0.2, 0) is 24.2 Å². The van der Waals surface area contributed by atoms with Crippen LogP contribution in [0.15, 0.2) is 18.3 Å². The molecule has 0 unspecified atom stereocenters. The van der Waals surface area contributed by atoms with Gasteiger partial charge in [0.05, 0.1) is 12.1 Å². The minimum atomic E-state index is -0.226. The number of nitrogens with zero attached hydrogens (tertiary/aromatic N) is 2. The fourth-order valence-electron chi connectivity index (χ4n) is 4.78. The smallest absolute Gasteiger partial charge is 0.315 e. The Morgan fingerprint density at radius 2 is 1.83 bits per heavy atom. The number of aromatic nitrogens is 2. The van der Waals surface area contributed by atoms with Crippen molar-refractivity contribution in [1.82, 2.24) is 9.78 Å². The van der Waals surface area contributed by atoms with Gasteiger partial charge in [0.1, 0.15) is 5.56 Å². The molecule has 0 atom stereocenters. The molecule has 1 heterocycles. The van der Waals surface area contributed by atoms with Crippen molar-refractivity contribution < 1.29 is 14.3 Å². The molecule has 2 aliphatic rings. The van der Waals surface area contributed by atoms with Crippen molar-refractivity contribution in [3.05, 3.63) is 46.1 Å². The van der Waals surface area contributed by atoms with E-state index in [0.29, 0.717) is 23.6 Å². The minimum Gasteiger partial charge on any atom is -0.407 e. The Bertz CT molecular complexity index is 922. The van der Waals surface area contributed by atoms with Gasteiger partial charge in [-0.25, -0.2) is 4.68 Å². The second-order valence-electron chi connectivity index (χ2n) is 8.35. The lowest BCUT2D eigenvalue weighted by molar-refractivity contribution is -0.140. The number of aryl methyl sites for hydroxylation is 2. The van der Waals surface area contributed by atoms with E-state index in [0.717, 1.165) is 44.1 Å². The monoisotopic (exact) mass is 394 g/mol. The molecule has 2 aromatic rings. The molecule has 2 aliphatic carbocycles. The number of ether oxygens (including phenoxy) is 1. The first-order valence-electron chi connectivity index (χ1n) is 11.0. The molecule has 1 fully saturated rings. The van der Waals surface area contributed by atoms with Crippen molar-refractivity contribution in [3.8, 4) is 5.88 Å². The van der Waals surface area contributed by atoms with Gasteiger partial charge in [-0.15, -0.1) is 0 Å². The Morgan fingerprint density at radius 1 is 1.07 bits per heavy atom. The van der Waals surface area contributed by atoms with Crippen LogP contribution in [0.3, 0.4) is 0 Å². The van der Waals surface area contributed by atoms with E-state index in [2.05, 4.69) is 11.2 Å². The van der Waals surface area contributed by atoms with Crippen molar-refractivity contribution in [2.75, 3.05) is 0 Å². The number of fused-ring (bicyclic) bond motifs is 1. The van der Waals surface area contributed by atoms with Crippen LogP contribution in [0.25, 0.3) is 0 Å². The summed E-state index contributed by atoms with van der Waals surface area (Å²) >= 11 is 0. The van der Waals surface area contributed by atoms with Gasteiger partial charge in [-0.1, -0.05) is 31.4 Å². The molecule has 0 N–H and O–H groups in total. The Balaban J connectivity index is 1.64. The quantitative estimate of drug-likeness (QED) is 0.539. The molecule has 1 aromatic heterocycles. The molecular formula is C24H30N2O3. The molecule has 29 heavy (non-hydrogen) atoms. The van der Waals surface area contributed by atoms with Gasteiger partial charge in [0.2, 0.25) is 5.88 Å². The molecule has 5 heteroatoms. The van der Waals surface area contributed by atoms with Crippen LogP contribution >= 0.6 is 0 Å². The van der Waals surface area contributed by atoms with Crippen LogP contribution in [0.5, 0.6) is 5.88 Å². The number of esters is 1. The van der Waals surface area contributed by atoms with Crippen LogP contribution in [-0.4, -0.2) is 21.5 Å². The van der Waals surface area contributed by atoms with E-state index < -0.39 is 0 Å². The molecule has 5 nitrogen and oxygen atoms in total. The normalized spacial score (nSPS) is 17.0. The second-order valence-corrected chi connectivity index (χ2v) is 8.35. The number of carbonyl (C=O) groups excluding carboxylic acids is 2. The first kappa shape index (κ1) is 19.9. The highest BCUT2D eigenvalue weighted by atomic mass is 16.5. The number of benzene rings is 1. The molecule has 0 bridgehead atoms. The first-order chi connectivity index (χ1) is 14.1. The minimum absolute atomic E-state index is 0.0719. The Morgan fingerprint density at radius 3 is 2.59 bits per heavy atom. The molecule has 4 rings (SSSR count). The summed E-state index contributed by atoms with van der Waals surface area (Å²) in [5.41, 5.74) is 4.80.